The lowest BCUT2D eigenvalue weighted by Crippen LogP contribution is -2.34. The van der Waals surface area contributed by atoms with Crippen LogP contribution in [-0.4, -0.2) is 23.0 Å². The van der Waals surface area contributed by atoms with Crippen molar-refractivity contribution in [1.29, 1.82) is 5.26 Å². The Balaban J connectivity index is 1.93. The SMILES string of the molecule is N#CC1CCCN(Cc2cccnc2)C1. The van der Waals surface area contributed by atoms with Crippen LogP contribution in [0.3, 0.4) is 0 Å². The molecule has 0 bridgehead atoms. The molecule has 0 aliphatic carbocycles. The summed E-state index contributed by atoms with van der Waals surface area (Å²) in [5.41, 5.74) is 1.23. The van der Waals surface area contributed by atoms with Gasteiger partial charge in [0.1, 0.15) is 0 Å². The van der Waals surface area contributed by atoms with Crippen molar-refractivity contribution in [2.45, 2.75) is 19.4 Å². The van der Waals surface area contributed by atoms with E-state index in [0.29, 0.717) is 0 Å². The molecule has 1 unspecified atom stereocenters. The van der Waals surface area contributed by atoms with E-state index in [1.807, 2.05) is 12.3 Å². The Labute approximate surface area is 90.4 Å². The summed E-state index contributed by atoms with van der Waals surface area (Å²) in [5.74, 6) is 0.218. The molecule has 3 heteroatoms. The molecule has 0 amide bonds. The zero-order valence-electron chi connectivity index (χ0n) is 8.76. The van der Waals surface area contributed by atoms with Gasteiger partial charge in [-0.1, -0.05) is 6.07 Å². The molecule has 1 saturated heterocycles. The van der Waals surface area contributed by atoms with Crippen LogP contribution in [0.1, 0.15) is 18.4 Å². The fourth-order valence-electron chi connectivity index (χ4n) is 2.05. The predicted molar refractivity (Wildman–Crippen MR) is 57.9 cm³/mol. The van der Waals surface area contributed by atoms with Crippen molar-refractivity contribution in [3.63, 3.8) is 0 Å². The van der Waals surface area contributed by atoms with Gasteiger partial charge < -0.3 is 0 Å². The number of nitriles is 1. The fourth-order valence-corrected chi connectivity index (χ4v) is 2.05. The van der Waals surface area contributed by atoms with Gasteiger partial charge in [-0.15, -0.1) is 0 Å². The number of nitrogens with zero attached hydrogens (tertiary/aromatic N) is 3. The number of piperidine rings is 1. The predicted octanol–water partition coefficient (Wildman–Crippen LogP) is 1.82. The highest BCUT2D eigenvalue weighted by Crippen LogP contribution is 2.17. The molecule has 1 aliphatic heterocycles. The maximum absolute atomic E-state index is 8.89. The molecular formula is C12H15N3. The zero-order chi connectivity index (χ0) is 10.5. The van der Waals surface area contributed by atoms with Crippen LogP contribution in [0.4, 0.5) is 0 Å². The minimum Gasteiger partial charge on any atom is -0.298 e. The monoisotopic (exact) mass is 201 g/mol. The molecule has 1 aromatic rings. The van der Waals surface area contributed by atoms with Crippen LogP contribution >= 0.6 is 0 Å². The minimum absolute atomic E-state index is 0.218. The van der Waals surface area contributed by atoms with Crippen molar-refractivity contribution < 1.29 is 0 Å². The molecule has 2 heterocycles. The van der Waals surface area contributed by atoms with Gasteiger partial charge in [-0.05, 0) is 31.0 Å². The van der Waals surface area contributed by atoms with Crippen molar-refractivity contribution in [2.75, 3.05) is 13.1 Å². The summed E-state index contributed by atoms with van der Waals surface area (Å²) >= 11 is 0. The van der Waals surface area contributed by atoms with E-state index in [1.54, 1.807) is 6.20 Å². The number of hydrogen-bond acceptors (Lipinski definition) is 3. The van der Waals surface area contributed by atoms with Gasteiger partial charge in [-0.3, -0.25) is 9.88 Å². The highest BCUT2D eigenvalue weighted by atomic mass is 15.1. The number of aromatic nitrogens is 1. The molecule has 3 nitrogen and oxygen atoms in total. The van der Waals surface area contributed by atoms with E-state index in [4.69, 9.17) is 5.26 Å². The molecule has 15 heavy (non-hydrogen) atoms. The first kappa shape index (κ1) is 10.1. The summed E-state index contributed by atoms with van der Waals surface area (Å²) in [5, 5.41) is 8.89. The van der Waals surface area contributed by atoms with Crippen LogP contribution in [0.15, 0.2) is 24.5 Å². The Hall–Kier alpha value is -1.40. The molecule has 0 aromatic carbocycles. The zero-order valence-corrected chi connectivity index (χ0v) is 8.76. The normalized spacial score (nSPS) is 22.2. The Bertz CT molecular complexity index is 342. The first-order valence-electron chi connectivity index (χ1n) is 5.39. The van der Waals surface area contributed by atoms with Crippen LogP contribution < -0.4 is 0 Å². The van der Waals surface area contributed by atoms with Gasteiger partial charge in [-0.25, -0.2) is 0 Å². The smallest absolute Gasteiger partial charge is 0.0669 e. The van der Waals surface area contributed by atoms with E-state index in [9.17, 15) is 0 Å². The summed E-state index contributed by atoms with van der Waals surface area (Å²) in [6.07, 6.45) is 5.88. The van der Waals surface area contributed by atoms with Crippen LogP contribution in [-0.2, 0) is 6.54 Å². The summed E-state index contributed by atoms with van der Waals surface area (Å²) in [6.45, 7) is 2.94. The Morgan fingerprint density at radius 1 is 1.60 bits per heavy atom. The Morgan fingerprint density at radius 2 is 2.53 bits per heavy atom. The summed E-state index contributed by atoms with van der Waals surface area (Å²) in [7, 11) is 0. The molecule has 0 saturated carbocycles. The van der Waals surface area contributed by atoms with Crippen LogP contribution in [0.2, 0.25) is 0 Å². The first-order chi connectivity index (χ1) is 7.38. The Kier molecular flexibility index (Phi) is 3.31. The molecule has 1 atom stereocenters. The Morgan fingerprint density at radius 3 is 3.27 bits per heavy atom. The molecule has 1 aromatic heterocycles. The van der Waals surface area contributed by atoms with Crippen molar-refractivity contribution in [1.82, 2.24) is 9.88 Å². The summed E-state index contributed by atoms with van der Waals surface area (Å²) in [6, 6.07) is 6.41. The quantitative estimate of drug-likeness (QED) is 0.732. The average molecular weight is 201 g/mol. The van der Waals surface area contributed by atoms with E-state index >= 15 is 0 Å². The van der Waals surface area contributed by atoms with Crippen LogP contribution in [0.25, 0.3) is 0 Å². The molecule has 1 fully saturated rings. The minimum atomic E-state index is 0.218. The molecule has 1 aliphatic rings. The maximum Gasteiger partial charge on any atom is 0.0669 e. The van der Waals surface area contributed by atoms with Crippen molar-refractivity contribution >= 4 is 0 Å². The van der Waals surface area contributed by atoms with Crippen LogP contribution in [0.5, 0.6) is 0 Å². The summed E-state index contributed by atoms with van der Waals surface area (Å²) < 4.78 is 0. The maximum atomic E-state index is 8.89. The third kappa shape index (κ3) is 2.77. The average Bonchev–Trinajstić information content (AvgIpc) is 2.31. The highest BCUT2D eigenvalue weighted by molar-refractivity contribution is 5.08. The summed E-state index contributed by atoms with van der Waals surface area (Å²) in [4.78, 5) is 6.44. The molecule has 0 spiro atoms. The van der Waals surface area contributed by atoms with Crippen molar-refractivity contribution in [2.24, 2.45) is 5.92 Å². The van der Waals surface area contributed by atoms with Gasteiger partial charge in [0, 0.05) is 25.5 Å². The lowest BCUT2D eigenvalue weighted by molar-refractivity contribution is 0.192. The standard InChI is InChI=1S/C12H15N3/c13-7-11-4-2-6-15(9-11)10-12-3-1-5-14-8-12/h1,3,5,8,11H,2,4,6,9-10H2. The lowest BCUT2D eigenvalue weighted by Gasteiger charge is -2.29. The van der Waals surface area contributed by atoms with E-state index in [1.165, 1.54) is 5.56 Å². The van der Waals surface area contributed by atoms with E-state index in [0.717, 1.165) is 32.5 Å². The molecule has 0 radical (unpaired) electrons. The van der Waals surface area contributed by atoms with Gasteiger partial charge in [0.15, 0.2) is 0 Å². The molecule has 0 N–H and O–H groups in total. The van der Waals surface area contributed by atoms with Gasteiger partial charge in [-0.2, -0.15) is 5.26 Å². The van der Waals surface area contributed by atoms with E-state index in [2.05, 4.69) is 22.0 Å². The highest BCUT2D eigenvalue weighted by Gasteiger charge is 2.19. The van der Waals surface area contributed by atoms with Gasteiger partial charge >= 0.3 is 0 Å². The second kappa shape index (κ2) is 4.90. The van der Waals surface area contributed by atoms with Crippen LogP contribution in [0, 0.1) is 17.2 Å². The second-order valence-corrected chi connectivity index (χ2v) is 4.06. The third-order valence-electron chi connectivity index (χ3n) is 2.82. The van der Waals surface area contributed by atoms with E-state index in [-0.39, 0.29) is 5.92 Å². The number of hydrogen-bond donors (Lipinski definition) is 0. The number of pyridine rings is 1. The first-order valence-corrected chi connectivity index (χ1v) is 5.39. The topological polar surface area (TPSA) is 39.9 Å². The third-order valence-corrected chi connectivity index (χ3v) is 2.82. The lowest BCUT2D eigenvalue weighted by atomic mass is 9.99. The van der Waals surface area contributed by atoms with Gasteiger partial charge in [0.25, 0.3) is 0 Å². The second-order valence-electron chi connectivity index (χ2n) is 4.06. The number of rotatable bonds is 2. The van der Waals surface area contributed by atoms with Gasteiger partial charge in [0.2, 0.25) is 0 Å². The molecule has 78 valence electrons. The number of likely N-dealkylation sites (tertiary alicyclic amines) is 1. The van der Waals surface area contributed by atoms with Crippen molar-refractivity contribution in [3.8, 4) is 6.07 Å². The fraction of sp³-hybridized carbons (Fsp3) is 0.500. The van der Waals surface area contributed by atoms with E-state index < -0.39 is 0 Å². The van der Waals surface area contributed by atoms with Gasteiger partial charge in [0.05, 0.1) is 12.0 Å². The largest absolute Gasteiger partial charge is 0.298 e. The van der Waals surface area contributed by atoms with Crippen molar-refractivity contribution in [3.05, 3.63) is 30.1 Å². The molecule has 2 rings (SSSR count). The molecular weight excluding hydrogens is 186 g/mol.